The number of nitrogens with one attached hydrogen (secondary N) is 2. The summed E-state index contributed by atoms with van der Waals surface area (Å²) in [5, 5.41) is 3.49. The second kappa shape index (κ2) is 8.83. The molecule has 2 aromatic rings. The maximum absolute atomic E-state index is 12.5. The van der Waals surface area contributed by atoms with E-state index in [0.29, 0.717) is 21.4 Å². The molecule has 1 heterocycles. The Hall–Kier alpha value is -1.95. The van der Waals surface area contributed by atoms with Crippen LogP contribution in [0.25, 0.3) is 0 Å². The molecule has 2 aromatic carbocycles. The second-order valence-corrected chi connectivity index (χ2v) is 7.38. The number of nitrogens with zero attached hydrogens (tertiary/aromatic N) is 1. The van der Waals surface area contributed by atoms with Gasteiger partial charge in [-0.3, -0.25) is 4.79 Å². The first-order valence-electron chi connectivity index (χ1n) is 9.04. The van der Waals surface area contributed by atoms with Crippen molar-refractivity contribution in [2.45, 2.75) is 6.92 Å². The van der Waals surface area contributed by atoms with Crippen molar-refractivity contribution in [3.63, 3.8) is 0 Å². The number of piperazine rings is 1. The van der Waals surface area contributed by atoms with Gasteiger partial charge in [0.05, 0.1) is 49.9 Å². The maximum atomic E-state index is 12.5. The molecule has 0 radical (unpaired) electrons. The molecule has 0 spiro atoms. The van der Waals surface area contributed by atoms with Crippen molar-refractivity contribution in [3.8, 4) is 5.75 Å². The zero-order valence-corrected chi connectivity index (χ0v) is 17.0. The number of amides is 1. The third-order valence-corrected chi connectivity index (χ3v) is 5.49. The minimum Gasteiger partial charge on any atom is -0.494 e. The molecule has 0 atom stereocenters. The van der Waals surface area contributed by atoms with E-state index >= 15 is 0 Å². The number of anilines is 2. The van der Waals surface area contributed by atoms with Gasteiger partial charge in [-0.1, -0.05) is 23.2 Å². The van der Waals surface area contributed by atoms with Crippen LogP contribution in [-0.4, -0.2) is 45.7 Å². The van der Waals surface area contributed by atoms with Crippen LogP contribution in [0.3, 0.4) is 0 Å². The lowest BCUT2D eigenvalue weighted by molar-refractivity contribution is -0.898. The van der Waals surface area contributed by atoms with Gasteiger partial charge in [0.1, 0.15) is 0 Å². The summed E-state index contributed by atoms with van der Waals surface area (Å²) in [4.78, 5) is 16.5. The third-order valence-electron chi connectivity index (χ3n) is 4.93. The highest BCUT2D eigenvalue weighted by molar-refractivity contribution is 6.37. The summed E-state index contributed by atoms with van der Waals surface area (Å²) in [6.07, 6.45) is 0. The van der Waals surface area contributed by atoms with Gasteiger partial charge in [-0.05, 0) is 43.3 Å². The van der Waals surface area contributed by atoms with Gasteiger partial charge in [0.2, 0.25) is 0 Å². The molecule has 0 bridgehead atoms. The van der Waals surface area contributed by atoms with E-state index in [0.717, 1.165) is 31.9 Å². The SMILES string of the molecule is CC[NH+]1CCN(c2ccc(NC(=O)c3cc(Cl)c(OC)c(Cl)c3)cc2)CC1. The molecule has 1 fully saturated rings. The van der Waals surface area contributed by atoms with Crippen LogP contribution in [0.1, 0.15) is 17.3 Å². The number of hydrogen-bond donors (Lipinski definition) is 2. The highest BCUT2D eigenvalue weighted by Gasteiger charge is 2.19. The molecule has 7 heteroatoms. The number of halogens is 2. The lowest BCUT2D eigenvalue weighted by atomic mass is 10.2. The number of rotatable bonds is 5. The molecule has 27 heavy (non-hydrogen) atoms. The molecule has 144 valence electrons. The zero-order valence-electron chi connectivity index (χ0n) is 15.5. The summed E-state index contributed by atoms with van der Waals surface area (Å²) in [6, 6.07) is 11.0. The van der Waals surface area contributed by atoms with E-state index in [2.05, 4.69) is 17.1 Å². The Morgan fingerprint density at radius 3 is 2.26 bits per heavy atom. The molecule has 0 saturated carbocycles. The first-order chi connectivity index (χ1) is 13.0. The van der Waals surface area contributed by atoms with E-state index in [1.54, 1.807) is 17.0 Å². The summed E-state index contributed by atoms with van der Waals surface area (Å²) in [7, 11) is 1.48. The van der Waals surface area contributed by atoms with Crippen LogP contribution in [0.15, 0.2) is 36.4 Å². The van der Waals surface area contributed by atoms with Gasteiger partial charge in [0.15, 0.2) is 5.75 Å². The second-order valence-electron chi connectivity index (χ2n) is 6.56. The Morgan fingerprint density at radius 1 is 1.15 bits per heavy atom. The van der Waals surface area contributed by atoms with Crippen LogP contribution >= 0.6 is 23.2 Å². The van der Waals surface area contributed by atoms with Crippen LogP contribution in [-0.2, 0) is 0 Å². The normalized spacial score (nSPS) is 14.9. The number of hydrogen-bond acceptors (Lipinski definition) is 3. The molecule has 3 rings (SSSR count). The fraction of sp³-hybridized carbons (Fsp3) is 0.350. The number of methoxy groups -OCH3 is 1. The predicted octanol–water partition coefficient (Wildman–Crippen LogP) is 2.98. The van der Waals surface area contributed by atoms with Crippen LogP contribution in [0.2, 0.25) is 10.0 Å². The number of benzene rings is 2. The molecule has 1 saturated heterocycles. The molecule has 0 unspecified atom stereocenters. The minimum atomic E-state index is -0.269. The molecule has 0 aromatic heterocycles. The number of carbonyl (C=O) groups excluding carboxylic acids is 1. The molecule has 0 aliphatic carbocycles. The van der Waals surface area contributed by atoms with Crippen molar-refractivity contribution in [2.24, 2.45) is 0 Å². The van der Waals surface area contributed by atoms with Crippen molar-refractivity contribution in [1.82, 2.24) is 0 Å². The van der Waals surface area contributed by atoms with Crippen molar-refractivity contribution in [2.75, 3.05) is 50.1 Å². The molecule has 1 aliphatic heterocycles. The number of likely N-dealkylation sites (N-methyl/N-ethyl adjacent to an activating group) is 1. The molecular formula is C20H24Cl2N3O2+. The molecule has 5 nitrogen and oxygen atoms in total. The van der Waals surface area contributed by atoms with Gasteiger partial charge < -0.3 is 19.9 Å². The van der Waals surface area contributed by atoms with Gasteiger partial charge in [0.25, 0.3) is 5.91 Å². The average molecular weight is 409 g/mol. The summed E-state index contributed by atoms with van der Waals surface area (Å²) >= 11 is 12.2. The molecular weight excluding hydrogens is 385 g/mol. The third kappa shape index (κ3) is 4.67. The van der Waals surface area contributed by atoms with Crippen molar-refractivity contribution < 1.29 is 14.4 Å². The van der Waals surface area contributed by atoms with Gasteiger partial charge >= 0.3 is 0 Å². The Bertz CT molecular complexity index is 780. The fourth-order valence-corrected chi connectivity index (χ4v) is 3.92. The first-order valence-corrected chi connectivity index (χ1v) is 9.80. The van der Waals surface area contributed by atoms with E-state index in [1.165, 1.54) is 19.3 Å². The Morgan fingerprint density at radius 2 is 1.74 bits per heavy atom. The number of quaternary nitrogens is 1. The van der Waals surface area contributed by atoms with Gasteiger partial charge in [0, 0.05) is 16.9 Å². The predicted molar refractivity (Wildman–Crippen MR) is 111 cm³/mol. The van der Waals surface area contributed by atoms with E-state index in [-0.39, 0.29) is 5.91 Å². The Balaban J connectivity index is 1.65. The molecule has 1 amide bonds. The fourth-order valence-electron chi connectivity index (χ4n) is 3.28. The van der Waals surface area contributed by atoms with Gasteiger partial charge in [-0.25, -0.2) is 0 Å². The molecule has 2 N–H and O–H groups in total. The summed E-state index contributed by atoms with van der Waals surface area (Å²) in [5.74, 6) is 0.0959. The highest BCUT2D eigenvalue weighted by Crippen LogP contribution is 2.34. The van der Waals surface area contributed by atoms with Gasteiger partial charge in [-0.2, -0.15) is 0 Å². The van der Waals surface area contributed by atoms with Crippen LogP contribution in [0.5, 0.6) is 5.75 Å². The topological polar surface area (TPSA) is 46.0 Å². The smallest absolute Gasteiger partial charge is 0.255 e. The first kappa shape index (κ1) is 19.8. The maximum Gasteiger partial charge on any atom is 0.255 e. The number of ether oxygens (including phenoxy) is 1. The Kier molecular flexibility index (Phi) is 6.47. The highest BCUT2D eigenvalue weighted by atomic mass is 35.5. The van der Waals surface area contributed by atoms with E-state index < -0.39 is 0 Å². The standard InChI is InChI=1S/C20H23Cl2N3O2/c1-3-24-8-10-25(11-9-24)16-6-4-15(5-7-16)23-20(26)14-12-17(21)19(27-2)18(22)13-14/h4-7,12-13H,3,8-11H2,1-2H3,(H,23,26)/p+1. The Labute approximate surface area is 169 Å². The van der Waals surface area contributed by atoms with E-state index in [9.17, 15) is 4.79 Å². The number of carbonyl (C=O) groups is 1. The van der Waals surface area contributed by atoms with Crippen LogP contribution in [0.4, 0.5) is 11.4 Å². The van der Waals surface area contributed by atoms with Crippen molar-refractivity contribution in [1.29, 1.82) is 0 Å². The lowest BCUT2D eigenvalue weighted by Gasteiger charge is -2.33. The average Bonchev–Trinajstić information content (AvgIpc) is 2.68. The van der Waals surface area contributed by atoms with E-state index in [1.807, 2.05) is 24.3 Å². The van der Waals surface area contributed by atoms with Crippen molar-refractivity contribution in [3.05, 3.63) is 52.0 Å². The lowest BCUT2D eigenvalue weighted by Crippen LogP contribution is -3.14. The van der Waals surface area contributed by atoms with Crippen molar-refractivity contribution >= 4 is 40.5 Å². The minimum absolute atomic E-state index is 0.269. The van der Waals surface area contributed by atoms with Crippen LogP contribution in [0, 0.1) is 0 Å². The summed E-state index contributed by atoms with van der Waals surface area (Å²) in [5.41, 5.74) is 2.29. The van der Waals surface area contributed by atoms with Crippen LogP contribution < -0.4 is 19.9 Å². The summed E-state index contributed by atoms with van der Waals surface area (Å²) < 4.78 is 5.11. The monoisotopic (exact) mass is 408 g/mol. The van der Waals surface area contributed by atoms with Gasteiger partial charge in [-0.15, -0.1) is 0 Å². The zero-order chi connectivity index (χ0) is 19.4. The quantitative estimate of drug-likeness (QED) is 0.799. The van der Waals surface area contributed by atoms with E-state index in [4.69, 9.17) is 27.9 Å². The molecule has 1 aliphatic rings. The summed E-state index contributed by atoms with van der Waals surface area (Å²) in [6.45, 7) is 7.83. The largest absolute Gasteiger partial charge is 0.494 e.